The van der Waals surface area contributed by atoms with Gasteiger partial charge in [-0.3, -0.25) is 4.79 Å². The molecule has 2 aliphatic rings. The van der Waals surface area contributed by atoms with E-state index in [2.05, 4.69) is 5.32 Å². The van der Waals surface area contributed by atoms with Gasteiger partial charge in [-0.2, -0.15) is 0 Å². The van der Waals surface area contributed by atoms with E-state index in [9.17, 15) is 4.79 Å². The Morgan fingerprint density at radius 1 is 1.44 bits per heavy atom. The van der Waals surface area contributed by atoms with Crippen LogP contribution in [0.4, 0.5) is 0 Å². The summed E-state index contributed by atoms with van der Waals surface area (Å²) in [5.74, 6) is 0.115. The number of amides is 1. The highest BCUT2D eigenvalue weighted by molar-refractivity contribution is 5.87. The maximum atomic E-state index is 11.8. The lowest BCUT2D eigenvalue weighted by Crippen LogP contribution is -2.57. The van der Waals surface area contributed by atoms with Crippen molar-refractivity contribution in [3.05, 3.63) is 12.2 Å². The van der Waals surface area contributed by atoms with Crippen LogP contribution in [0.3, 0.4) is 0 Å². The SMILES string of the molecule is C/C=C/C(=O)N1CCOC2(CCNCC2)C1. The second-order valence-corrected chi connectivity index (χ2v) is 4.54. The summed E-state index contributed by atoms with van der Waals surface area (Å²) in [6.07, 6.45) is 5.45. The van der Waals surface area contributed by atoms with Crippen LogP contribution < -0.4 is 5.32 Å². The molecule has 4 heteroatoms. The van der Waals surface area contributed by atoms with E-state index in [1.807, 2.05) is 11.8 Å². The molecule has 0 aromatic carbocycles. The second-order valence-electron chi connectivity index (χ2n) is 4.54. The third-order valence-electron chi connectivity index (χ3n) is 3.38. The van der Waals surface area contributed by atoms with E-state index in [-0.39, 0.29) is 11.5 Å². The number of carbonyl (C=O) groups is 1. The quantitative estimate of drug-likeness (QED) is 0.661. The lowest BCUT2D eigenvalue weighted by atomic mass is 9.90. The van der Waals surface area contributed by atoms with Crippen LogP contribution in [0.25, 0.3) is 0 Å². The van der Waals surface area contributed by atoms with Gasteiger partial charge in [0.05, 0.1) is 18.8 Å². The largest absolute Gasteiger partial charge is 0.371 e. The fourth-order valence-electron chi connectivity index (χ4n) is 2.47. The molecular weight excluding hydrogens is 204 g/mol. The molecule has 0 saturated carbocycles. The molecule has 1 amide bonds. The van der Waals surface area contributed by atoms with Crippen molar-refractivity contribution >= 4 is 5.91 Å². The summed E-state index contributed by atoms with van der Waals surface area (Å²) < 4.78 is 5.91. The number of morpholine rings is 1. The third kappa shape index (κ3) is 2.44. The molecule has 2 heterocycles. The topological polar surface area (TPSA) is 41.6 Å². The van der Waals surface area contributed by atoms with E-state index in [1.54, 1.807) is 12.2 Å². The van der Waals surface area contributed by atoms with Gasteiger partial charge in [-0.15, -0.1) is 0 Å². The predicted molar refractivity (Wildman–Crippen MR) is 62.2 cm³/mol. The summed E-state index contributed by atoms with van der Waals surface area (Å²) in [5, 5.41) is 3.33. The number of hydrogen-bond donors (Lipinski definition) is 1. The average molecular weight is 224 g/mol. The Morgan fingerprint density at radius 2 is 2.19 bits per heavy atom. The molecule has 0 aromatic heterocycles. The molecule has 2 aliphatic heterocycles. The highest BCUT2D eigenvalue weighted by Gasteiger charge is 2.38. The molecule has 1 N–H and O–H groups in total. The second kappa shape index (κ2) is 4.97. The number of rotatable bonds is 1. The minimum atomic E-state index is -0.0826. The minimum Gasteiger partial charge on any atom is -0.371 e. The maximum Gasteiger partial charge on any atom is 0.246 e. The fraction of sp³-hybridized carbons (Fsp3) is 0.750. The molecular formula is C12H20N2O2. The van der Waals surface area contributed by atoms with Gasteiger partial charge in [0.2, 0.25) is 5.91 Å². The fourth-order valence-corrected chi connectivity index (χ4v) is 2.47. The van der Waals surface area contributed by atoms with E-state index in [4.69, 9.17) is 4.74 Å². The highest BCUT2D eigenvalue weighted by Crippen LogP contribution is 2.27. The summed E-state index contributed by atoms with van der Waals surface area (Å²) in [7, 11) is 0. The molecule has 0 bridgehead atoms. The number of piperidine rings is 1. The number of carbonyl (C=O) groups excluding carboxylic acids is 1. The maximum absolute atomic E-state index is 11.8. The van der Waals surface area contributed by atoms with Gasteiger partial charge < -0.3 is 15.0 Å². The molecule has 0 atom stereocenters. The van der Waals surface area contributed by atoms with E-state index >= 15 is 0 Å². The van der Waals surface area contributed by atoms with Gasteiger partial charge in [0.25, 0.3) is 0 Å². The molecule has 2 rings (SSSR count). The molecule has 16 heavy (non-hydrogen) atoms. The molecule has 0 aliphatic carbocycles. The molecule has 0 radical (unpaired) electrons. The van der Waals surface area contributed by atoms with Gasteiger partial charge in [-0.25, -0.2) is 0 Å². The van der Waals surface area contributed by atoms with Crippen molar-refractivity contribution < 1.29 is 9.53 Å². The van der Waals surface area contributed by atoms with Crippen LogP contribution in [-0.2, 0) is 9.53 Å². The molecule has 1 spiro atoms. The van der Waals surface area contributed by atoms with Crippen molar-refractivity contribution in [2.75, 3.05) is 32.8 Å². The van der Waals surface area contributed by atoms with Crippen LogP contribution in [0.5, 0.6) is 0 Å². The van der Waals surface area contributed by atoms with Crippen LogP contribution in [0.2, 0.25) is 0 Å². The normalized spacial score (nSPS) is 25.2. The van der Waals surface area contributed by atoms with Crippen LogP contribution >= 0.6 is 0 Å². The number of nitrogens with one attached hydrogen (secondary N) is 1. The molecule has 90 valence electrons. The summed E-state index contributed by atoms with van der Waals surface area (Å²) in [4.78, 5) is 13.7. The first-order valence-electron chi connectivity index (χ1n) is 6.02. The number of hydrogen-bond acceptors (Lipinski definition) is 3. The van der Waals surface area contributed by atoms with Gasteiger partial charge in [-0.05, 0) is 38.9 Å². The first-order valence-corrected chi connectivity index (χ1v) is 6.02. The predicted octanol–water partition coefficient (Wildman–Crippen LogP) is 0.544. The van der Waals surface area contributed by atoms with Crippen LogP contribution in [0.15, 0.2) is 12.2 Å². The summed E-state index contributed by atoms with van der Waals surface area (Å²) >= 11 is 0. The first-order chi connectivity index (χ1) is 7.76. The van der Waals surface area contributed by atoms with Crippen molar-refractivity contribution in [3.8, 4) is 0 Å². The summed E-state index contributed by atoms with van der Waals surface area (Å²) in [6.45, 7) is 6.00. The van der Waals surface area contributed by atoms with Gasteiger partial charge >= 0.3 is 0 Å². The zero-order chi connectivity index (χ0) is 11.4. The Kier molecular flexibility index (Phi) is 3.61. The van der Waals surface area contributed by atoms with E-state index in [0.29, 0.717) is 6.61 Å². The standard InChI is InChI=1S/C12H20N2O2/c1-2-3-11(15)14-8-9-16-12(10-14)4-6-13-7-5-12/h2-3,13H,4-10H2,1H3/b3-2+. The highest BCUT2D eigenvalue weighted by atomic mass is 16.5. The lowest BCUT2D eigenvalue weighted by molar-refractivity contribution is -0.150. The zero-order valence-corrected chi connectivity index (χ0v) is 9.87. The summed E-state index contributed by atoms with van der Waals surface area (Å²) in [5.41, 5.74) is -0.0826. The van der Waals surface area contributed by atoms with Crippen molar-refractivity contribution in [2.24, 2.45) is 0 Å². The number of ether oxygens (including phenoxy) is 1. The number of nitrogens with zero attached hydrogens (tertiary/aromatic N) is 1. The average Bonchev–Trinajstić information content (AvgIpc) is 2.30. The lowest BCUT2D eigenvalue weighted by Gasteiger charge is -2.44. The Labute approximate surface area is 96.6 Å². The Bertz CT molecular complexity index is 277. The zero-order valence-electron chi connectivity index (χ0n) is 9.87. The van der Waals surface area contributed by atoms with Crippen LogP contribution in [0, 0.1) is 0 Å². The number of allylic oxidation sites excluding steroid dienone is 1. The molecule has 2 saturated heterocycles. The van der Waals surface area contributed by atoms with E-state index in [0.717, 1.165) is 39.0 Å². The van der Waals surface area contributed by atoms with Gasteiger partial charge in [0.1, 0.15) is 0 Å². The summed E-state index contributed by atoms with van der Waals surface area (Å²) in [6, 6.07) is 0. The minimum absolute atomic E-state index is 0.0826. The molecule has 2 fully saturated rings. The van der Waals surface area contributed by atoms with E-state index < -0.39 is 0 Å². The third-order valence-corrected chi connectivity index (χ3v) is 3.38. The molecule has 0 unspecified atom stereocenters. The molecule has 4 nitrogen and oxygen atoms in total. The van der Waals surface area contributed by atoms with Crippen molar-refractivity contribution in [3.63, 3.8) is 0 Å². The van der Waals surface area contributed by atoms with Gasteiger partial charge in [0.15, 0.2) is 0 Å². The van der Waals surface area contributed by atoms with Crippen LogP contribution in [0.1, 0.15) is 19.8 Å². The molecule has 0 aromatic rings. The van der Waals surface area contributed by atoms with Gasteiger partial charge in [-0.1, -0.05) is 6.08 Å². The first kappa shape index (κ1) is 11.6. The van der Waals surface area contributed by atoms with Crippen molar-refractivity contribution in [1.82, 2.24) is 10.2 Å². The Hall–Kier alpha value is -0.870. The smallest absolute Gasteiger partial charge is 0.246 e. The Morgan fingerprint density at radius 3 is 2.88 bits per heavy atom. The monoisotopic (exact) mass is 224 g/mol. The van der Waals surface area contributed by atoms with Crippen LogP contribution in [-0.4, -0.2) is 49.2 Å². The van der Waals surface area contributed by atoms with Gasteiger partial charge in [0, 0.05) is 6.54 Å². The Balaban J connectivity index is 2.00. The van der Waals surface area contributed by atoms with Crippen molar-refractivity contribution in [2.45, 2.75) is 25.4 Å². The van der Waals surface area contributed by atoms with E-state index in [1.165, 1.54) is 0 Å². The van der Waals surface area contributed by atoms with Crippen molar-refractivity contribution in [1.29, 1.82) is 0 Å².